The molecule has 0 spiro atoms. The lowest BCUT2D eigenvalue weighted by atomic mass is 10.2. The van der Waals surface area contributed by atoms with E-state index < -0.39 is 10.0 Å². The van der Waals surface area contributed by atoms with Crippen molar-refractivity contribution < 1.29 is 17.9 Å². The van der Waals surface area contributed by atoms with Crippen LogP contribution in [-0.4, -0.2) is 75.2 Å². The Morgan fingerprint density at radius 1 is 1.30 bits per heavy atom. The van der Waals surface area contributed by atoms with Crippen molar-refractivity contribution in [3.63, 3.8) is 0 Å². The molecule has 0 aliphatic carbocycles. The van der Waals surface area contributed by atoms with Gasteiger partial charge in [0.25, 0.3) is 0 Å². The van der Waals surface area contributed by atoms with Crippen LogP contribution in [0.3, 0.4) is 0 Å². The standard InChI is InChI=1S/C12H25N3O4S/c1-3-8-20(17,18)15-6-4-14(5-7-15)12(16)9-11(10-13)19-2/h11H,3-10,13H2,1-2H3. The van der Waals surface area contributed by atoms with Gasteiger partial charge in [0.05, 0.1) is 18.3 Å². The van der Waals surface area contributed by atoms with E-state index in [-0.39, 0.29) is 24.2 Å². The van der Waals surface area contributed by atoms with Gasteiger partial charge in [-0.2, -0.15) is 4.31 Å². The Labute approximate surface area is 121 Å². The van der Waals surface area contributed by atoms with Crippen molar-refractivity contribution in [3.05, 3.63) is 0 Å². The van der Waals surface area contributed by atoms with E-state index in [2.05, 4.69) is 0 Å². The smallest absolute Gasteiger partial charge is 0.225 e. The largest absolute Gasteiger partial charge is 0.380 e. The van der Waals surface area contributed by atoms with Gasteiger partial charge in [-0.15, -0.1) is 0 Å². The molecule has 1 saturated heterocycles. The molecule has 1 unspecified atom stereocenters. The van der Waals surface area contributed by atoms with E-state index in [1.807, 2.05) is 6.92 Å². The third-order valence-corrected chi connectivity index (χ3v) is 5.52. The Morgan fingerprint density at radius 3 is 2.35 bits per heavy atom. The van der Waals surface area contributed by atoms with Crippen molar-refractivity contribution in [2.24, 2.45) is 5.73 Å². The Bertz CT molecular complexity index is 401. The minimum absolute atomic E-state index is 0.0326. The molecule has 2 N–H and O–H groups in total. The molecule has 1 fully saturated rings. The molecule has 8 heteroatoms. The summed E-state index contributed by atoms with van der Waals surface area (Å²) >= 11 is 0. The highest BCUT2D eigenvalue weighted by Crippen LogP contribution is 2.11. The molecular weight excluding hydrogens is 282 g/mol. The van der Waals surface area contributed by atoms with Gasteiger partial charge in [0.15, 0.2) is 0 Å². The van der Waals surface area contributed by atoms with Crippen molar-refractivity contribution in [1.82, 2.24) is 9.21 Å². The third kappa shape index (κ3) is 4.69. The van der Waals surface area contributed by atoms with Crippen LogP contribution >= 0.6 is 0 Å². The van der Waals surface area contributed by atoms with Crippen LogP contribution in [0.5, 0.6) is 0 Å². The van der Waals surface area contributed by atoms with Crippen LogP contribution in [0.25, 0.3) is 0 Å². The summed E-state index contributed by atoms with van der Waals surface area (Å²) < 4.78 is 30.4. The van der Waals surface area contributed by atoms with E-state index in [4.69, 9.17) is 10.5 Å². The monoisotopic (exact) mass is 307 g/mol. The molecule has 0 aromatic carbocycles. The molecule has 1 rings (SSSR count). The van der Waals surface area contributed by atoms with E-state index in [1.165, 1.54) is 11.4 Å². The fraction of sp³-hybridized carbons (Fsp3) is 0.917. The average molecular weight is 307 g/mol. The predicted octanol–water partition coefficient (Wildman–Crippen LogP) is -0.766. The van der Waals surface area contributed by atoms with E-state index in [9.17, 15) is 13.2 Å². The molecule has 118 valence electrons. The molecule has 0 saturated carbocycles. The van der Waals surface area contributed by atoms with Gasteiger partial charge in [-0.05, 0) is 6.42 Å². The van der Waals surface area contributed by atoms with Crippen LogP contribution in [0.4, 0.5) is 0 Å². The van der Waals surface area contributed by atoms with Crippen LogP contribution in [0.2, 0.25) is 0 Å². The quantitative estimate of drug-likeness (QED) is 0.667. The summed E-state index contributed by atoms with van der Waals surface area (Å²) in [5.41, 5.74) is 5.49. The van der Waals surface area contributed by atoms with Crippen molar-refractivity contribution >= 4 is 15.9 Å². The highest BCUT2D eigenvalue weighted by atomic mass is 32.2. The number of rotatable bonds is 7. The average Bonchev–Trinajstić information content (AvgIpc) is 2.44. The van der Waals surface area contributed by atoms with E-state index in [0.29, 0.717) is 39.1 Å². The minimum Gasteiger partial charge on any atom is -0.380 e. The number of ether oxygens (including phenoxy) is 1. The summed E-state index contributed by atoms with van der Waals surface area (Å²) in [6.45, 7) is 3.75. The maximum absolute atomic E-state index is 12.0. The highest BCUT2D eigenvalue weighted by molar-refractivity contribution is 7.89. The van der Waals surface area contributed by atoms with Crippen LogP contribution in [-0.2, 0) is 19.6 Å². The predicted molar refractivity (Wildman–Crippen MR) is 76.7 cm³/mol. The number of hydrogen-bond donors (Lipinski definition) is 1. The second kappa shape index (κ2) is 7.92. The van der Waals surface area contributed by atoms with Gasteiger partial charge in [0, 0.05) is 39.8 Å². The lowest BCUT2D eigenvalue weighted by molar-refractivity contribution is -0.134. The number of carbonyl (C=O) groups excluding carboxylic acids is 1. The minimum atomic E-state index is -3.16. The first-order chi connectivity index (χ1) is 9.44. The van der Waals surface area contributed by atoms with E-state index in [0.717, 1.165) is 0 Å². The second-order valence-electron chi connectivity index (χ2n) is 4.89. The highest BCUT2D eigenvalue weighted by Gasteiger charge is 2.28. The Morgan fingerprint density at radius 2 is 1.90 bits per heavy atom. The molecule has 1 amide bonds. The molecule has 0 aromatic rings. The summed E-state index contributed by atoms with van der Waals surface area (Å²) in [7, 11) is -1.64. The molecule has 20 heavy (non-hydrogen) atoms. The van der Waals surface area contributed by atoms with Gasteiger partial charge < -0.3 is 15.4 Å². The Balaban J connectivity index is 2.48. The van der Waals surface area contributed by atoms with Crippen molar-refractivity contribution in [2.75, 3.05) is 45.6 Å². The van der Waals surface area contributed by atoms with Crippen molar-refractivity contribution in [3.8, 4) is 0 Å². The fourth-order valence-electron chi connectivity index (χ4n) is 2.19. The van der Waals surface area contributed by atoms with Crippen molar-refractivity contribution in [2.45, 2.75) is 25.9 Å². The van der Waals surface area contributed by atoms with Gasteiger partial charge in [-0.1, -0.05) is 6.92 Å². The van der Waals surface area contributed by atoms with Gasteiger partial charge in [0.2, 0.25) is 15.9 Å². The normalized spacial score (nSPS) is 19.1. The summed E-state index contributed by atoms with van der Waals surface area (Å²) in [5, 5.41) is 0. The summed E-state index contributed by atoms with van der Waals surface area (Å²) in [4.78, 5) is 13.7. The van der Waals surface area contributed by atoms with Gasteiger partial charge in [-0.25, -0.2) is 8.42 Å². The first kappa shape index (κ1) is 17.4. The number of sulfonamides is 1. The number of methoxy groups -OCH3 is 1. The maximum atomic E-state index is 12.0. The number of nitrogens with zero attached hydrogens (tertiary/aromatic N) is 2. The molecule has 0 radical (unpaired) electrons. The SMILES string of the molecule is CCCS(=O)(=O)N1CCN(C(=O)CC(CN)OC)CC1. The summed E-state index contributed by atoms with van der Waals surface area (Å²) in [6, 6.07) is 0. The van der Waals surface area contributed by atoms with E-state index >= 15 is 0 Å². The van der Waals surface area contributed by atoms with Gasteiger partial charge in [0.1, 0.15) is 0 Å². The number of piperazine rings is 1. The first-order valence-corrected chi connectivity index (χ1v) is 8.54. The molecule has 1 aliphatic heterocycles. The van der Waals surface area contributed by atoms with Crippen LogP contribution in [0.15, 0.2) is 0 Å². The molecule has 0 bridgehead atoms. The lowest BCUT2D eigenvalue weighted by Crippen LogP contribution is -2.51. The number of carbonyl (C=O) groups is 1. The van der Waals surface area contributed by atoms with Crippen LogP contribution in [0, 0.1) is 0 Å². The fourth-order valence-corrected chi connectivity index (χ4v) is 3.68. The molecule has 1 aliphatic rings. The Hall–Kier alpha value is -0.700. The topological polar surface area (TPSA) is 92.9 Å². The maximum Gasteiger partial charge on any atom is 0.225 e. The second-order valence-corrected chi connectivity index (χ2v) is 6.98. The van der Waals surface area contributed by atoms with Crippen molar-refractivity contribution in [1.29, 1.82) is 0 Å². The number of hydrogen-bond acceptors (Lipinski definition) is 5. The third-order valence-electron chi connectivity index (χ3n) is 3.45. The van der Waals surface area contributed by atoms with E-state index in [1.54, 1.807) is 4.90 Å². The Kier molecular flexibility index (Phi) is 6.87. The van der Waals surface area contributed by atoms with Gasteiger partial charge in [-0.3, -0.25) is 4.79 Å². The number of amides is 1. The summed E-state index contributed by atoms with van der Waals surface area (Å²) in [5.74, 6) is 0.134. The molecule has 1 heterocycles. The van der Waals surface area contributed by atoms with Gasteiger partial charge >= 0.3 is 0 Å². The first-order valence-electron chi connectivity index (χ1n) is 6.93. The molecule has 0 aromatic heterocycles. The zero-order valence-corrected chi connectivity index (χ0v) is 13.1. The lowest BCUT2D eigenvalue weighted by Gasteiger charge is -2.34. The molecule has 7 nitrogen and oxygen atoms in total. The molecular formula is C12H25N3O4S. The zero-order valence-electron chi connectivity index (χ0n) is 12.2. The van der Waals surface area contributed by atoms with Crippen LogP contribution in [0.1, 0.15) is 19.8 Å². The number of nitrogens with two attached hydrogens (primary N) is 1. The molecule has 1 atom stereocenters. The summed E-state index contributed by atoms with van der Waals surface area (Å²) in [6.07, 6.45) is 0.576. The van der Waals surface area contributed by atoms with Crippen LogP contribution < -0.4 is 5.73 Å². The zero-order chi connectivity index (χ0) is 15.2.